The van der Waals surface area contributed by atoms with Crippen LogP contribution in [0, 0.1) is 45.3 Å². The van der Waals surface area contributed by atoms with Crippen molar-refractivity contribution < 1.29 is 0 Å². The molecule has 0 amide bonds. The summed E-state index contributed by atoms with van der Waals surface area (Å²) in [6, 6.07) is 12.1. The molecule has 0 atom stereocenters. The second-order valence-corrected chi connectivity index (χ2v) is 7.34. The van der Waals surface area contributed by atoms with Crippen molar-refractivity contribution in [1.29, 1.82) is 21.0 Å². The van der Waals surface area contributed by atoms with Gasteiger partial charge in [0.15, 0.2) is 0 Å². The third kappa shape index (κ3) is 2.80. The first-order valence-electron chi connectivity index (χ1n) is 7.99. The molecule has 122 valence electrons. The number of hydrogen-bond donors (Lipinski definition) is 0. The molecule has 0 aliphatic carbocycles. The van der Waals surface area contributed by atoms with E-state index in [0.717, 1.165) is 5.56 Å². The molecule has 0 heterocycles. The van der Waals surface area contributed by atoms with Crippen molar-refractivity contribution in [3.63, 3.8) is 0 Å². The van der Waals surface area contributed by atoms with Crippen LogP contribution in [0.25, 0.3) is 10.8 Å². The number of nitriles is 4. The molecule has 0 aliphatic rings. The lowest BCUT2D eigenvalue weighted by molar-refractivity contribution is 0.589. The van der Waals surface area contributed by atoms with Gasteiger partial charge in [0.25, 0.3) is 0 Å². The van der Waals surface area contributed by atoms with Gasteiger partial charge in [-0.2, -0.15) is 21.0 Å². The van der Waals surface area contributed by atoms with E-state index in [2.05, 4.69) is 24.3 Å². The molecule has 0 unspecified atom stereocenters. The smallest absolute Gasteiger partial charge is 0.100 e. The minimum absolute atomic E-state index is 0.0190. The van der Waals surface area contributed by atoms with Crippen molar-refractivity contribution in [2.45, 2.75) is 46.0 Å². The van der Waals surface area contributed by atoms with E-state index in [-0.39, 0.29) is 11.3 Å². The first-order chi connectivity index (χ1) is 11.7. The van der Waals surface area contributed by atoms with Gasteiger partial charge in [0, 0.05) is 10.8 Å². The van der Waals surface area contributed by atoms with Gasteiger partial charge in [-0.05, 0) is 34.6 Å². The summed E-state index contributed by atoms with van der Waals surface area (Å²) in [5, 5.41) is 39.7. The summed E-state index contributed by atoms with van der Waals surface area (Å²) >= 11 is 0. The molecule has 0 aliphatic heterocycles. The van der Waals surface area contributed by atoms with Crippen molar-refractivity contribution in [2.75, 3.05) is 0 Å². The Kier molecular flexibility index (Phi) is 4.52. The van der Waals surface area contributed by atoms with Gasteiger partial charge >= 0.3 is 0 Å². The summed E-state index contributed by atoms with van der Waals surface area (Å²) in [4.78, 5) is 0. The molecule has 0 bridgehead atoms. The minimum atomic E-state index is -0.374. The van der Waals surface area contributed by atoms with Crippen LogP contribution in [0.4, 0.5) is 0 Å². The molecular weight excluding hydrogens is 308 g/mol. The molecule has 0 fully saturated rings. The lowest BCUT2D eigenvalue weighted by atomic mass is 9.78. The van der Waals surface area contributed by atoms with Crippen molar-refractivity contribution in [1.82, 2.24) is 0 Å². The van der Waals surface area contributed by atoms with Crippen LogP contribution < -0.4 is 0 Å². The molecule has 0 saturated carbocycles. The zero-order valence-electron chi connectivity index (χ0n) is 15.0. The maximum Gasteiger partial charge on any atom is 0.100 e. The monoisotopic (exact) mass is 326 g/mol. The molecule has 0 spiro atoms. The van der Waals surface area contributed by atoms with Gasteiger partial charge in [0.1, 0.15) is 12.1 Å². The maximum absolute atomic E-state index is 9.78. The predicted molar refractivity (Wildman–Crippen MR) is 95.6 cm³/mol. The van der Waals surface area contributed by atoms with E-state index in [1.807, 2.05) is 34.6 Å². The Morgan fingerprint density at radius 2 is 1.24 bits per heavy atom. The lowest BCUT2D eigenvalue weighted by Crippen LogP contribution is -2.15. The predicted octanol–water partition coefficient (Wildman–Crippen LogP) is 4.75. The highest BCUT2D eigenvalue weighted by Gasteiger charge is 2.26. The number of rotatable bonds is 1. The van der Waals surface area contributed by atoms with Crippen molar-refractivity contribution in [2.24, 2.45) is 0 Å². The summed E-state index contributed by atoms with van der Waals surface area (Å²) in [5.41, 5.74) is 2.45. The molecule has 0 N–H and O–H groups in total. The van der Waals surface area contributed by atoms with E-state index in [9.17, 15) is 21.0 Å². The van der Waals surface area contributed by atoms with E-state index < -0.39 is 0 Å². The van der Waals surface area contributed by atoms with E-state index in [4.69, 9.17) is 0 Å². The zero-order valence-corrected chi connectivity index (χ0v) is 15.0. The molecule has 0 saturated heterocycles. The lowest BCUT2D eigenvalue weighted by Gasteiger charge is -2.23. The second kappa shape index (κ2) is 6.28. The fraction of sp³-hybridized carbons (Fsp3) is 0.333. The number of benzene rings is 2. The maximum atomic E-state index is 9.78. The Balaban J connectivity index is 3.30. The standard InChI is InChI=1S/C21H18N4/c1-12(2)15-6-13(8-22)20-17(11-25)18(21(3,4)5)7-14(9-23)19(20)16(15)10-24/h6-7,12H,1-5H3. The molecule has 0 radical (unpaired) electrons. The molecule has 2 rings (SSSR count). The third-order valence-electron chi connectivity index (χ3n) is 4.33. The summed E-state index contributed by atoms with van der Waals surface area (Å²) in [6.45, 7) is 9.73. The van der Waals surface area contributed by atoms with E-state index >= 15 is 0 Å². The van der Waals surface area contributed by atoms with Crippen molar-refractivity contribution in [3.8, 4) is 24.3 Å². The van der Waals surface area contributed by atoms with Gasteiger partial charge in [-0.1, -0.05) is 34.6 Å². The quantitative estimate of drug-likeness (QED) is 0.755. The van der Waals surface area contributed by atoms with Gasteiger partial charge in [-0.15, -0.1) is 0 Å². The van der Waals surface area contributed by atoms with Crippen LogP contribution in [-0.2, 0) is 5.41 Å². The van der Waals surface area contributed by atoms with Gasteiger partial charge < -0.3 is 0 Å². The number of fused-ring (bicyclic) bond motifs is 1. The summed E-state index contributed by atoms with van der Waals surface area (Å²) in [5.74, 6) is 0.0190. The summed E-state index contributed by atoms with van der Waals surface area (Å²) in [7, 11) is 0. The molecule has 25 heavy (non-hydrogen) atoms. The Bertz CT molecular complexity index is 1040. The number of hydrogen-bond acceptors (Lipinski definition) is 4. The molecular formula is C21H18N4. The van der Waals surface area contributed by atoms with Crippen molar-refractivity contribution in [3.05, 3.63) is 45.5 Å². The highest BCUT2D eigenvalue weighted by Crippen LogP contribution is 2.38. The normalized spacial score (nSPS) is 10.8. The van der Waals surface area contributed by atoms with Crippen LogP contribution >= 0.6 is 0 Å². The Morgan fingerprint density at radius 1 is 0.760 bits per heavy atom. The first kappa shape index (κ1) is 18.0. The van der Waals surface area contributed by atoms with Gasteiger partial charge in [-0.3, -0.25) is 0 Å². The molecule has 2 aromatic carbocycles. The average Bonchev–Trinajstić information content (AvgIpc) is 2.57. The molecule has 4 nitrogen and oxygen atoms in total. The Labute approximate surface area is 148 Å². The van der Waals surface area contributed by atoms with E-state index in [1.54, 1.807) is 12.1 Å². The molecule has 4 heteroatoms. The SMILES string of the molecule is CC(C)c1cc(C#N)c2c(C#N)c(C(C)(C)C)cc(C#N)c2c1C#N. The fourth-order valence-electron chi connectivity index (χ4n) is 3.12. The number of nitrogens with zero attached hydrogens (tertiary/aromatic N) is 4. The Morgan fingerprint density at radius 3 is 1.64 bits per heavy atom. The van der Waals surface area contributed by atoms with Crippen LogP contribution in [0.1, 0.15) is 73.9 Å². The topological polar surface area (TPSA) is 95.2 Å². The van der Waals surface area contributed by atoms with Crippen LogP contribution in [0.5, 0.6) is 0 Å². The van der Waals surface area contributed by atoms with Gasteiger partial charge in [0.05, 0.1) is 34.4 Å². The summed E-state index contributed by atoms with van der Waals surface area (Å²) < 4.78 is 0. The van der Waals surface area contributed by atoms with Gasteiger partial charge in [-0.25, -0.2) is 0 Å². The van der Waals surface area contributed by atoms with Gasteiger partial charge in [0.2, 0.25) is 0 Å². The van der Waals surface area contributed by atoms with Crippen LogP contribution in [-0.4, -0.2) is 0 Å². The average molecular weight is 326 g/mol. The second-order valence-electron chi connectivity index (χ2n) is 7.34. The first-order valence-corrected chi connectivity index (χ1v) is 7.99. The minimum Gasteiger partial charge on any atom is -0.192 e. The Hall–Kier alpha value is -3.34. The highest BCUT2D eigenvalue weighted by atomic mass is 14.4. The zero-order chi connectivity index (χ0) is 18.9. The van der Waals surface area contributed by atoms with Crippen molar-refractivity contribution >= 4 is 10.8 Å². The summed E-state index contributed by atoms with van der Waals surface area (Å²) in [6.07, 6.45) is 0. The largest absolute Gasteiger partial charge is 0.192 e. The highest BCUT2D eigenvalue weighted by molar-refractivity contribution is 6.02. The molecule has 0 aromatic heterocycles. The fourth-order valence-corrected chi connectivity index (χ4v) is 3.12. The van der Waals surface area contributed by atoms with E-state index in [0.29, 0.717) is 38.6 Å². The van der Waals surface area contributed by atoms with Crippen LogP contribution in [0.2, 0.25) is 0 Å². The third-order valence-corrected chi connectivity index (χ3v) is 4.33. The van der Waals surface area contributed by atoms with Crippen LogP contribution in [0.15, 0.2) is 12.1 Å². The van der Waals surface area contributed by atoms with Crippen LogP contribution in [0.3, 0.4) is 0 Å². The van der Waals surface area contributed by atoms with E-state index in [1.165, 1.54) is 0 Å². The molecule has 2 aromatic rings.